The second-order valence-electron chi connectivity index (χ2n) is 12.2. The van der Waals surface area contributed by atoms with Crippen molar-refractivity contribution in [1.29, 1.82) is 0 Å². The van der Waals surface area contributed by atoms with Crippen molar-refractivity contribution in [3.05, 3.63) is 72.8 Å². The average molecular weight is 523 g/mol. The second kappa shape index (κ2) is 10.1. The molecule has 6 heteroatoms. The van der Waals surface area contributed by atoms with E-state index in [1.807, 2.05) is 6.92 Å². The van der Waals surface area contributed by atoms with Gasteiger partial charge in [0, 0.05) is 19.3 Å². The minimum absolute atomic E-state index is 0.00929. The van der Waals surface area contributed by atoms with Crippen molar-refractivity contribution >= 4 is 18.7 Å². The van der Waals surface area contributed by atoms with Crippen LogP contribution >= 0.6 is 0 Å². The molecule has 0 aliphatic carbocycles. The Kier molecular flexibility index (Phi) is 7.29. The number of ether oxygens (including phenoxy) is 3. The highest BCUT2D eigenvalue weighted by atomic mass is 28.4. The zero-order valence-corrected chi connectivity index (χ0v) is 23.7. The standard InChI is InChI=1S/C31H42O5Si/c1-28(2,3)37(26-14-7-5-8-15-26,27-16-9-6-10-17-27)33-23-25-13-11-18-30(34-25)19-12-20-31(36-30)22-21-29(4,24-32)35-31/h5-10,12,14-17,19,25,32H,11,13,18,20-24H2,1-4H3/t25-,29-,30-,31+/m0/s1. The molecule has 0 radical (unpaired) electrons. The van der Waals surface area contributed by atoms with Crippen LogP contribution in [0.25, 0.3) is 0 Å². The monoisotopic (exact) mass is 522 g/mol. The number of aliphatic hydroxyl groups is 1. The lowest BCUT2D eigenvalue weighted by molar-refractivity contribution is -0.369. The van der Waals surface area contributed by atoms with E-state index < -0.39 is 25.5 Å². The molecule has 3 aliphatic heterocycles. The summed E-state index contributed by atoms with van der Waals surface area (Å²) in [5.41, 5.74) is -0.563. The van der Waals surface area contributed by atoms with Crippen LogP contribution in [0.2, 0.25) is 5.04 Å². The Morgan fingerprint density at radius 2 is 1.59 bits per heavy atom. The molecule has 2 saturated heterocycles. The summed E-state index contributed by atoms with van der Waals surface area (Å²) in [5, 5.41) is 12.3. The second-order valence-corrected chi connectivity index (χ2v) is 16.6. The molecule has 3 heterocycles. The minimum atomic E-state index is -2.64. The Bertz CT molecular complexity index is 1040. The lowest BCUT2D eigenvalue weighted by atomic mass is 9.95. The highest BCUT2D eigenvalue weighted by Crippen LogP contribution is 2.48. The Hall–Kier alpha value is -1.80. The summed E-state index contributed by atoms with van der Waals surface area (Å²) in [6, 6.07) is 21.5. The van der Waals surface area contributed by atoms with Crippen LogP contribution in [0.1, 0.15) is 66.2 Å². The fourth-order valence-corrected chi connectivity index (χ4v) is 11.0. The van der Waals surface area contributed by atoms with Gasteiger partial charge in [0.2, 0.25) is 0 Å². The van der Waals surface area contributed by atoms with E-state index in [1.54, 1.807) is 0 Å². The molecular formula is C31H42O5Si. The van der Waals surface area contributed by atoms with Crippen molar-refractivity contribution in [2.24, 2.45) is 0 Å². The molecule has 0 amide bonds. The molecule has 4 atom stereocenters. The third kappa shape index (κ3) is 5.12. The molecular weight excluding hydrogens is 480 g/mol. The summed E-state index contributed by atoms with van der Waals surface area (Å²) < 4.78 is 26.9. The van der Waals surface area contributed by atoms with E-state index in [4.69, 9.17) is 18.6 Å². The van der Waals surface area contributed by atoms with Gasteiger partial charge in [0.05, 0.1) is 24.9 Å². The lowest BCUT2D eigenvalue weighted by Crippen LogP contribution is -2.67. The van der Waals surface area contributed by atoms with E-state index in [0.717, 1.165) is 32.1 Å². The molecule has 2 aromatic carbocycles. The van der Waals surface area contributed by atoms with E-state index in [9.17, 15) is 5.11 Å². The molecule has 0 bridgehead atoms. The first-order valence-corrected chi connectivity index (χ1v) is 15.7. The molecule has 2 aromatic rings. The summed E-state index contributed by atoms with van der Waals surface area (Å²) in [6.45, 7) is 9.36. The predicted octanol–water partition coefficient (Wildman–Crippen LogP) is 5.06. The zero-order chi connectivity index (χ0) is 26.2. The molecule has 5 nitrogen and oxygen atoms in total. The van der Waals surface area contributed by atoms with Gasteiger partial charge in [-0.15, -0.1) is 0 Å². The van der Waals surface area contributed by atoms with Crippen LogP contribution in [-0.4, -0.2) is 49.9 Å². The Morgan fingerprint density at radius 3 is 2.16 bits per heavy atom. The fraction of sp³-hybridized carbons (Fsp3) is 0.548. The number of rotatable bonds is 6. The number of hydrogen-bond acceptors (Lipinski definition) is 5. The quantitative estimate of drug-likeness (QED) is 0.424. The summed E-state index contributed by atoms with van der Waals surface area (Å²) >= 11 is 0. The van der Waals surface area contributed by atoms with Gasteiger partial charge in [0.1, 0.15) is 0 Å². The SMILES string of the molecule is CC(C)(C)[Si](OC[C@@H]1CCC[C@]2(C=CC[C@]3(CC[C@@](C)(CO)O3)O2)O1)(c1ccccc1)c1ccccc1. The molecule has 0 aromatic heterocycles. The van der Waals surface area contributed by atoms with Crippen LogP contribution in [0.3, 0.4) is 0 Å². The van der Waals surface area contributed by atoms with Crippen LogP contribution in [-0.2, 0) is 18.6 Å². The van der Waals surface area contributed by atoms with Crippen LogP contribution in [0.15, 0.2) is 72.8 Å². The van der Waals surface area contributed by atoms with E-state index >= 15 is 0 Å². The summed E-state index contributed by atoms with van der Waals surface area (Å²) in [7, 11) is -2.64. The first-order valence-electron chi connectivity index (χ1n) is 13.8. The van der Waals surface area contributed by atoms with Gasteiger partial charge in [-0.25, -0.2) is 0 Å². The van der Waals surface area contributed by atoms with Crippen molar-refractivity contribution in [1.82, 2.24) is 0 Å². The van der Waals surface area contributed by atoms with E-state index in [0.29, 0.717) is 13.0 Å². The fourth-order valence-electron chi connectivity index (χ4n) is 6.41. The molecule has 3 aliphatic rings. The van der Waals surface area contributed by atoms with E-state index in [1.165, 1.54) is 10.4 Å². The van der Waals surface area contributed by atoms with Crippen molar-refractivity contribution < 1.29 is 23.7 Å². The van der Waals surface area contributed by atoms with Crippen molar-refractivity contribution in [3.63, 3.8) is 0 Å². The van der Waals surface area contributed by atoms with E-state index in [-0.39, 0.29) is 17.7 Å². The van der Waals surface area contributed by atoms with Gasteiger partial charge in [0.15, 0.2) is 11.6 Å². The minimum Gasteiger partial charge on any atom is -0.405 e. The normalized spacial score (nSPS) is 32.3. The third-order valence-electron chi connectivity index (χ3n) is 8.28. The van der Waals surface area contributed by atoms with E-state index in [2.05, 4.69) is 93.6 Å². The first kappa shape index (κ1) is 26.8. The van der Waals surface area contributed by atoms with Crippen LogP contribution < -0.4 is 10.4 Å². The smallest absolute Gasteiger partial charge is 0.261 e. The van der Waals surface area contributed by atoms with Crippen molar-refractivity contribution in [3.8, 4) is 0 Å². The zero-order valence-electron chi connectivity index (χ0n) is 22.7. The summed E-state index contributed by atoms with van der Waals surface area (Å²) in [4.78, 5) is 0. The Labute approximate surface area is 222 Å². The van der Waals surface area contributed by atoms with Gasteiger partial charge in [-0.1, -0.05) is 87.5 Å². The van der Waals surface area contributed by atoms with Crippen LogP contribution in [0, 0.1) is 0 Å². The summed E-state index contributed by atoms with van der Waals surface area (Å²) in [5.74, 6) is -1.54. The molecule has 0 unspecified atom stereocenters. The number of aliphatic hydroxyl groups excluding tert-OH is 1. The third-order valence-corrected chi connectivity index (χ3v) is 13.3. The average Bonchev–Trinajstić information content (AvgIpc) is 3.20. The number of benzene rings is 2. The maximum atomic E-state index is 9.84. The van der Waals surface area contributed by atoms with Gasteiger partial charge in [-0.05, 0) is 47.7 Å². The van der Waals surface area contributed by atoms with Crippen molar-refractivity contribution in [2.75, 3.05) is 13.2 Å². The maximum absolute atomic E-state index is 9.84. The molecule has 5 rings (SSSR count). The highest BCUT2D eigenvalue weighted by molar-refractivity contribution is 6.99. The summed E-state index contributed by atoms with van der Waals surface area (Å²) in [6.07, 6.45) is 9.05. The Balaban J connectivity index is 1.39. The highest BCUT2D eigenvalue weighted by Gasteiger charge is 2.55. The predicted molar refractivity (Wildman–Crippen MR) is 148 cm³/mol. The van der Waals surface area contributed by atoms with Gasteiger partial charge in [-0.3, -0.25) is 0 Å². The largest absolute Gasteiger partial charge is 0.405 e. The molecule has 200 valence electrons. The molecule has 2 fully saturated rings. The molecule has 2 spiro atoms. The molecule has 37 heavy (non-hydrogen) atoms. The van der Waals surface area contributed by atoms with Gasteiger partial charge in [0.25, 0.3) is 8.32 Å². The molecule has 0 saturated carbocycles. The lowest BCUT2D eigenvalue weighted by Gasteiger charge is -2.48. The Morgan fingerprint density at radius 1 is 0.946 bits per heavy atom. The van der Waals surface area contributed by atoms with Crippen LogP contribution in [0.4, 0.5) is 0 Å². The first-order chi connectivity index (χ1) is 17.6. The van der Waals surface area contributed by atoms with Gasteiger partial charge >= 0.3 is 0 Å². The number of hydrogen-bond donors (Lipinski definition) is 1. The maximum Gasteiger partial charge on any atom is 0.261 e. The van der Waals surface area contributed by atoms with Gasteiger partial charge in [-0.2, -0.15) is 0 Å². The topological polar surface area (TPSA) is 57.2 Å². The van der Waals surface area contributed by atoms with Gasteiger partial charge < -0.3 is 23.7 Å². The van der Waals surface area contributed by atoms with Crippen LogP contribution in [0.5, 0.6) is 0 Å². The molecule has 1 N–H and O–H groups in total. The van der Waals surface area contributed by atoms with Crippen molar-refractivity contribution in [2.45, 2.75) is 94.5 Å².